The molecule has 0 amide bonds. The molecular formula is C10H7ClFN3O. The van der Waals surface area contributed by atoms with Crippen molar-refractivity contribution < 1.29 is 9.13 Å². The van der Waals surface area contributed by atoms with Crippen LogP contribution in [0.5, 0.6) is 5.75 Å². The number of methoxy groups -OCH3 is 1. The second-order valence-electron chi connectivity index (χ2n) is 2.96. The van der Waals surface area contributed by atoms with Gasteiger partial charge in [0, 0.05) is 5.56 Å². The molecule has 6 heteroatoms. The monoisotopic (exact) mass is 239 g/mol. The van der Waals surface area contributed by atoms with Gasteiger partial charge >= 0.3 is 0 Å². The van der Waals surface area contributed by atoms with Gasteiger partial charge in [-0.25, -0.2) is 9.37 Å². The van der Waals surface area contributed by atoms with Crippen LogP contribution in [0.1, 0.15) is 0 Å². The first-order valence-corrected chi connectivity index (χ1v) is 4.77. The fourth-order valence-corrected chi connectivity index (χ4v) is 1.43. The fourth-order valence-electron chi connectivity index (χ4n) is 1.29. The van der Waals surface area contributed by atoms with Crippen LogP contribution in [0, 0.1) is 5.82 Å². The highest BCUT2D eigenvalue weighted by Gasteiger charge is 2.09. The molecule has 0 bridgehead atoms. The summed E-state index contributed by atoms with van der Waals surface area (Å²) >= 11 is 5.61. The van der Waals surface area contributed by atoms with E-state index in [1.54, 1.807) is 0 Å². The Morgan fingerprint density at radius 1 is 1.38 bits per heavy atom. The van der Waals surface area contributed by atoms with E-state index < -0.39 is 0 Å². The van der Waals surface area contributed by atoms with E-state index in [0.717, 1.165) is 0 Å². The number of halogens is 2. The van der Waals surface area contributed by atoms with Gasteiger partial charge in [0.05, 0.1) is 19.0 Å². The van der Waals surface area contributed by atoms with Crippen LogP contribution >= 0.6 is 11.6 Å². The van der Waals surface area contributed by atoms with E-state index in [-0.39, 0.29) is 11.1 Å². The van der Waals surface area contributed by atoms with Crippen molar-refractivity contribution in [3.63, 3.8) is 0 Å². The molecule has 0 unspecified atom stereocenters. The molecule has 0 atom stereocenters. The van der Waals surface area contributed by atoms with E-state index >= 15 is 0 Å². The fraction of sp³-hybridized carbons (Fsp3) is 0.100. The van der Waals surface area contributed by atoms with Crippen LogP contribution in [0.15, 0.2) is 24.4 Å². The molecule has 82 valence electrons. The van der Waals surface area contributed by atoms with Crippen LogP contribution in [0.3, 0.4) is 0 Å². The summed E-state index contributed by atoms with van der Waals surface area (Å²) in [6.07, 6.45) is 1.39. The normalized spacial score (nSPS) is 10.2. The zero-order chi connectivity index (χ0) is 11.5. The molecule has 1 aromatic carbocycles. The standard InChI is InChI=1S/C10H7ClFN3O/c1-16-9-3-2-6(12)4-7(9)8-5-13-15-10(11)14-8/h2-5H,1H3. The number of aromatic nitrogens is 3. The maximum Gasteiger partial charge on any atom is 0.243 e. The molecule has 0 N–H and O–H groups in total. The van der Waals surface area contributed by atoms with Crippen molar-refractivity contribution in [3.05, 3.63) is 35.5 Å². The summed E-state index contributed by atoms with van der Waals surface area (Å²) in [5.74, 6) is 0.114. The lowest BCUT2D eigenvalue weighted by atomic mass is 10.1. The van der Waals surface area contributed by atoms with E-state index in [0.29, 0.717) is 17.0 Å². The molecule has 16 heavy (non-hydrogen) atoms. The van der Waals surface area contributed by atoms with Crippen molar-refractivity contribution >= 4 is 11.6 Å². The molecule has 0 saturated carbocycles. The topological polar surface area (TPSA) is 47.9 Å². The lowest BCUT2D eigenvalue weighted by Crippen LogP contribution is -1.94. The number of benzene rings is 1. The third-order valence-electron chi connectivity index (χ3n) is 1.97. The van der Waals surface area contributed by atoms with Crippen molar-refractivity contribution in [1.82, 2.24) is 15.2 Å². The number of hydrogen-bond acceptors (Lipinski definition) is 4. The van der Waals surface area contributed by atoms with Crippen LogP contribution in [-0.2, 0) is 0 Å². The summed E-state index contributed by atoms with van der Waals surface area (Å²) in [6.45, 7) is 0. The summed E-state index contributed by atoms with van der Waals surface area (Å²) in [4.78, 5) is 3.94. The van der Waals surface area contributed by atoms with Gasteiger partial charge in [-0.05, 0) is 29.8 Å². The average Bonchev–Trinajstić information content (AvgIpc) is 2.29. The lowest BCUT2D eigenvalue weighted by Gasteiger charge is -2.07. The highest BCUT2D eigenvalue weighted by atomic mass is 35.5. The molecule has 4 nitrogen and oxygen atoms in total. The van der Waals surface area contributed by atoms with Crippen LogP contribution in [0.25, 0.3) is 11.3 Å². The highest BCUT2D eigenvalue weighted by molar-refractivity contribution is 6.28. The van der Waals surface area contributed by atoms with E-state index in [1.807, 2.05) is 0 Å². The predicted molar refractivity (Wildman–Crippen MR) is 56.8 cm³/mol. The average molecular weight is 240 g/mol. The molecule has 0 aliphatic heterocycles. The second-order valence-corrected chi connectivity index (χ2v) is 3.29. The first-order valence-electron chi connectivity index (χ1n) is 4.40. The summed E-state index contributed by atoms with van der Waals surface area (Å²) in [5, 5.41) is 7.16. The Bertz CT molecular complexity index is 521. The zero-order valence-corrected chi connectivity index (χ0v) is 9.07. The molecule has 0 aliphatic rings. The maximum absolute atomic E-state index is 13.1. The van der Waals surface area contributed by atoms with Crippen LogP contribution < -0.4 is 4.74 Å². The Kier molecular flexibility index (Phi) is 2.96. The molecule has 1 aromatic heterocycles. The van der Waals surface area contributed by atoms with Gasteiger partial charge in [0.15, 0.2) is 0 Å². The predicted octanol–water partition coefficient (Wildman–Crippen LogP) is 2.34. The van der Waals surface area contributed by atoms with E-state index in [1.165, 1.54) is 31.5 Å². The quantitative estimate of drug-likeness (QED) is 0.807. The summed E-state index contributed by atoms with van der Waals surface area (Å²) in [5.41, 5.74) is 0.899. The Morgan fingerprint density at radius 3 is 2.88 bits per heavy atom. The van der Waals surface area contributed by atoms with E-state index in [2.05, 4.69) is 15.2 Å². The smallest absolute Gasteiger partial charge is 0.243 e. The van der Waals surface area contributed by atoms with Crippen LogP contribution in [0.2, 0.25) is 5.28 Å². The third kappa shape index (κ3) is 2.09. The number of rotatable bonds is 2. The molecule has 2 aromatic rings. The maximum atomic E-state index is 13.1. The van der Waals surface area contributed by atoms with Gasteiger partial charge < -0.3 is 4.74 Å². The van der Waals surface area contributed by atoms with Gasteiger partial charge in [0.2, 0.25) is 5.28 Å². The SMILES string of the molecule is COc1ccc(F)cc1-c1cnnc(Cl)n1. The second kappa shape index (κ2) is 4.40. The molecule has 0 fully saturated rings. The summed E-state index contributed by atoms with van der Waals surface area (Å²) < 4.78 is 18.2. The first-order chi connectivity index (χ1) is 7.70. The van der Waals surface area contributed by atoms with Crippen molar-refractivity contribution in [2.45, 2.75) is 0 Å². The highest BCUT2D eigenvalue weighted by Crippen LogP contribution is 2.28. The largest absolute Gasteiger partial charge is 0.496 e. The Labute approximate surface area is 96.1 Å². The van der Waals surface area contributed by atoms with Crippen molar-refractivity contribution in [2.75, 3.05) is 7.11 Å². The van der Waals surface area contributed by atoms with Crippen LogP contribution in [0.4, 0.5) is 4.39 Å². The van der Waals surface area contributed by atoms with Gasteiger partial charge in [-0.1, -0.05) is 0 Å². The minimum atomic E-state index is -0.384. The Hall–Kier alpha value is -1.75. The third-order valence-corrected chi connectivity index (χ3v) is 2.13. The molecule has 2 rings (SSSR count). The number of ether oxygens (including phenoxy) is 1. The van der Waals surface area contributed by atoms with Gasteiger partial charge in [0.1, 0.15) is 11.6 Å². The first kappa shape index (κ1) is 10.8. The van der Waals surface area contributed by atoms with Crippen molar-refractivity contribution in [2.24, 2.45) is 0 Å². The molecule has 0 spiro atoms. The summed E-state index contributed by atoms with van der Waals surface area (Å²) in [7, 11) is 1.49. The number of nitrogens with zero attached hydrogens (tertiary/aromatic N) is 3. The van der Waals surface area contributed by atoms with Crippen LogP contribution in [-0.4, -0.2) is 22.3 Å². The number of hydrogen-bond donors (Lipinski definition) is 0. The molecule has 0 aliphatic carbocycles. The molecule has 0 radical (unpaired) electrons. The van der Waals surface area contributed by atoms with Gasteiger partial charge in [-0.2, -0.15) is 5.10 Å². The molecule has 0 saturated heterocycles. The Balaban J connectivity index is 2.58. The van der Waals surface area contributed by atoms with Gasteiger partial charge in [0.25, 0.3) is 0 Å². The lowest BCUT2D eigenvalue weighted by molar-refractivity contribution is 0.415. The summed E-state index contributed by atoms with van der Waals surface area (Å²) in [6, 6.07) is 4.12. The Morgan fingerprint density at radius 2 is 2.19 bits per heavy atom. The molecule has 1 heterocycles. The van der Waals surface area contributed by atoms with Crippen molar-refractivity contribution in [3.8, 4) is 17.0 Å². The molecular weight excluding hydrogens is 233 g/mol. The van der Waals surface area contributed by atoms with E-state index in [9.17, 15) is 4.39 Å². The van der Waals surface area contributed by atoms with Gasteiger partial charge in [-0.15, -0.1) is 5.10 Å². The zero-order valence-electron chi connectivity index (χ0n) is 8.32. The minimum Gasteiger partial charge on any atom is -0.496 e. The minimum absolute atomic E-state index is 0.00353. The van der Waals surface area contributed by atoms with Crippen molar-refractivity contribution in [1.29, 1.82) is 0 Å². The van der Waals surface area contributed by atoms with E-state index in [4.69, 9.17) is 16.3 Å². The van der Waals surface area contributed by atoms with Gasteiger partial charge in [-0.3, -0.25) is 0 Å².